The Labute approximate surface area is 132 Å². The minimum Gasteiger partial charge on any atom is -0.496 e. The van der Waals surface area contributed by atoms with Crippen LogP contribution >= 0.6 is 22.9 Å². The summed E-state index contributed by atoms with van der Waals surface area (Å²) >= 11 is 8.01. The SMILES string of the molecule is COc1ccc(-c2nc(Cl)c3c(C)c(C)sc3n2)cc1C. The highest BCUT2D eigenvalue weighted by Gasteiger charge is 2.14. The van der Waals surface area contributed by atoms with Gasteiger partial charge in [-0.25, -0.2) is 9.97 Å². The van der Waals surface area contributed by atoms with Gasteiger partial charge in [0.15, 0.2) is 5.82 Å². The Morgan fingerprint density at radius 1 is 1.14 bits per heavy atom. The largest absolute Gasteiger partial charge is 0.496 e. The number of fused-ring (bicyclic) bond motifs is 1. The third-order valence-electron chi connectivity index (χ3n) is 3.64. The van der Waals surface area contributed by atoms with Crippen LogP contribution in [0.15, 0.2) is 18.2 Å². The lowest BCUT2D eigenvalue weighted by Crippen LogP contribution is -1.92. The van der Waals surface area contributed by atoms with Gasteiger partial charge < -0.3 is 4.74 Å². The molecule has 0 aliphatic heterocycles. The number of hydrogen-bond donors (Lipinski definition) is 0. The van der Waals surface area contributed by atoms with E-state index in [9.17, 15) is 0 Å². The van der Waals surface area contributed by atoms with Crippen LogP contribution in [0.25, 0.3) is 21.6 Å². The zero-order valence-corrected chi connectivity index (χ0v) is 13.9. The Bertz CT molecular complexity index is 842. The number of rotatable bonds is 2. The first kappa shape index (κ1) is 14.3. The fourth-order valence-electron chi connectivity index (χ4n) is 2.35. The molecule has 0 unspecified atom stereocenters. The van der Waals surface area contributed by atoms with Gasteiger partial charge in [0, 0.05) is 10.4 Å². The van der Waals surface area contributed by atoms with Crippen LogP contribution in [0.3, 0.4) is 0 Å². The molecule has 0 amide bonds. The quantitative estimate of drug-likeness (QED) is 0.627. The Kier molecular flexibility index (Phi) is 3.59. The highest BCUT2D eigenvalue weighted by Crippen LogP contribution is 2.35. The Balaban J connectivity index is 2.19. The van der Waals surface area contributed by atoms with Gasteiger partial charge in [-0.05, 0) is 50.1 Å². The molecule has 3 nitrogen and oxygen atoms in total. The smallest absolute Gasteiger partial charge is 0.162 e. The van der Waals surface area contributed by atoms with Crippen molar-refractivity contribution in [2.45, 2.75) is 20.8 Å². The number of ether oxygens (including phenoxy) is 1. The average molecular weight is 319 g/mol. The first-order valence-electron chi connectivity index (χ1n) is 6.59. The molecular weight excluding hydrogens is 304 g/mol. The summed E-state index contributed by atoms with van der Waals surface area (Å²) < 4.78 is 5.28. The fraction of sp³-hybridized carbons (Fsp3) is 0.250. The van der Waals surface area contributed by atoms with Gasteiger partial charge in [-0.2, -0.15) is 0 Å². The van der Waals surface area contributed by atoms with Crippen molar-refractivity contribution >= 4 is 33.2 Å². The van der Waals surface area contributed by atoms with Crippen molar-refractivity contribution in [3.8, 4) is 17.1 Å². The van der Waals surface area contributed by atoms with Gasteiger partial charge in [0.25, 0.3) is 0 Å². The summed E-state index contributed by atoms with van der Waals surface area (Å²) in [5.41, 5.74) is 3.16. The zero-order chi connectivity index (χ0) is 15.1. The molecule has 2 aromatic heterocycles. The maximum absolute atomic E-state index is 6.36. The Morgan fingerprint density at radius 2 is 1.90 bits per heavy atom. The van der Waals surface area contributed by atoms with Crippen LogP contribution in [0.5, 0.6) is 5.75 Å². The molecule has 3 aromatic rings. The van der Waals surface area contributed by atoms with E-state index in [2.05, 4.69) is 23.8 Å². The first-order valence-corrected chi connectivity index (χ1v) is 7.79. The summed E-state index contributed by atoms with van der Waals surface area (Å²) in [6.07, 6.45) is 0. The summed E-state index contributed by atoms with van der Waals surface area (Å²) in [4.78, 5) is 11.3. The van der Waals surface area contributed by atoms with Crippen LogP contribution in [0.4, 0.5) is 0 Å². The minimum absolute atomic E-state index is 0.519. The molecule has 0 N–H and O–H groups in total. The number of benzene rings is 1. The molecule has 0 spiro atoms. The summed E-state index contributed by atoms with van der Waals surface area (Å²) in [6.45, 7) is 6.14. The van der Waals surface area contributed by atoms with Gasteiger partial charge in [0.2, 0.25) is 0 Å². The van der Waals surface area contributed by atoms with Gasteiger partial charge in [-0.3, -0.25) is 0 Å². The van der Waals surface area contributed by atoms with E-state index in [-0.39, 0.29) is 0 Å². The van der Waals surface area contributed by atoms with E-state index in [0.717, 1.165) is 32.7 Å². The van der Waals surface area contributed by atoms with E-state index in [1.165, 1.54) is 4.88 Å². The van der Waals surface area contributed by atoms with E-state index in [4.69, 9.17) is 16.3 Å². The molecule has 21 heavy (non-hydrogen) atoms. The van der Waals surface area contributed by atoms with Crippen LogP contribution in [-0.2, 0) is 0 Å². The monoisotopic (exact) mass is 318 g/mol. The molecule has 2 heterocycles. The molecular formula is C16H15ClN2OS. The molecule has 5 heteroatoms. The third-order valence-corrected chi connectivity index (χ3v) is 5.01. The number of thiophene rings is 1. The standard InChI is InChI=1S/C16H15ClN2OS/c1-8-7-11(5-6-12(8)20-4)15-18-14(17)13-9(2)10(3)21-16(13)19-15/h5-7H,1-4H3. The normalized spacial score (nSPS) is 11.1. The maximum Gasteiger partial charge on any atom is 0.162 e. The number of nitrogens with zero attached hydrogens (tertiary/aromatic N) is 2. The predicted octanol–water partition coefficient (Wildman–Crippen LogP) is 4.95. The highest BCUT2D eigenvalue weighted by atomic mass is 35.5. The second kappa shape index (κ2) is 5.28. The van der Waals surface area contributed by atoms with Crippen molar-refractivity contribution in [3.05, 3.63) is 39.4 Å². The van der Waals surface area contributed by atoms with Crippen molar-refractivity contribution in [2.75, 3.05) is 7.11 Å². The molecule has 0 radical (unpaired) electrons. The lowest BCUT2D eigenvalue weighted by Gasteiger charge is -2.07. The molecule has 3 rings (SSSR count). The molecule has 0 saturated carbocycles. The van der Waals surface area contributed by atoms with Crippen molar-refractivity contribution < 1.29 is 4.74 Å². The van der Waals surface area contributed by atoms with Gasteiger partial charge in [0.1, 0.15) is 15.7 Å². The minimum atomic E-state index is 0.519. The summed E-state index contributed by atoms with van der Waals surface area (Å²) in [5.74, 6) is 1.51. The van der Waals surface area contributed by atoms with Gasteiger partial charge in [-0.1, -0.05) is 11.6 Å². The second-order valence-corrected chi connectivity index (χ2v) is 6.55. The van der Waals surface area contributed by atoms with Gasteiger partial charge in [0.05, 0.1) is 12.5 Å². The van der Waals surface area contributed by atoms with Gasteiger partial charge >= 0.3 is 0 Å². The van der Waals surface area contributed by atoms with Crippen molar-refractivity contribution in [1.29, 1.82) is 0 Å². The number of halogens is 1. The van der Waals surface area contributed by atoms with Crippen molar-refractivity contribution in [3.63, 3.8) is 0 Å². The number of hydrogen-bond acceptors (Lipinski definition) is 4. The molecule has 0 bridgehead atoms. The highest BCUT2D eigenvalue weighted by molar-refractivity contribution is 7.18. The molecule has 0 aliphatic carbocycles. The van der Waals surface area contributed by atoms with E-state index in [1.807, 2.05) is 25.1 Å². The molecule has 108 valence electrons. The fourth-order valence-corrected chi connectivity index (χ4v) is 3.74. The third kappa shape index (κ3) is 2.39. The Morgan fingerprint density at radius 3 is 2.57 bits per heavy atom. The van der Waals surface area contributed by atoms with Crippen molar-refractivity contribution in [1.82, 2.24) is 9.97 Å². The average Bonchev–Trinajstić information content (AvgIpc) is 2.74. The van der Waals surface area contributed by atoms with E-state index in [1.54, 1.807) is 18.4 Å². The van der Waals surface area contributed by atoms with Crippen molar-refractivity contribution in [2.24, 2.45) is 0 Å². The van der Waals surface area contributed by atoms with E-state index >= 15 is 0 Å². The maximum atomic E-state index is 6.36. The van der Waals surface area contributed by atoms with Crippen LogP contribution < -0.4 is 4.74 Å². The summed E-state index contributed by atoms with van der Waals surface area (Å²) in [5, 5.41) is 1.48. The van der Waals surface area contributed by atoms with Crippen LogP contribution in [0, 0.1) is 20.8 Å². The summed E-state index contributed by atoms with van der Waals surface area (Å²) in [7, 11) is 1.67. The molecule has 0 fully saturated rings. The van der Waals surface area contributed by atoms with Crippen LogP contribution in [-0.4, -0.2) is 17.1 Å². The number of methoxy groups -OCH3 is 1. The molecule has 0 saturated heterocycles. The lowest BCUT2D eigenvalue weighted by atomic mass is 10.1. The molecule has 0 aliphatic rings. The van der Waals surface area contributed by atoms with Crippen LogP contribution in [0.2, 0.25) is 5.15 Å². The number of aryl methyl sites for hydroxylation is 3. The first-order chi connectivity index (χ1) is 10.0. The predicted molar refractivity (Wildman–Crippen MR) is 88.6 cm³/mol. The Hall–Kier alpha value is -1.65. The number of aromatic nitrogens is 2. The molecule has 1 aromatic carbocycles. The lowest BCUT2D eigenvalue weighted by molar-refractivity contribution is 0.412. The summed E-state index contributed by atoms with van der Waals surface area (Å²) in [6, 6.07) is 5.90. The van der Waals surface area contributed by atoms with E-state index in [0.29, 0.717) is 11.0 Å². The van der Waals surface area contributed by atoms with Gasteiger partial charge in [-0.15, -0.1) is 11.3 Å². The van der Waals surface area contributed by atoms with E-state index < -0.39 is 0 Å². The topological polar surface area (TPSA) is 35.0 Å². The second-order valence-electron chi connectivity index (χ2n) is 4.99. The zero-order valence-electron chi connectivity index (χ0n) is 12.3. The van der Waals surface area contributed by atoms with Crippen LogP contribution in [0.1, 0.15) is 16.0 Å². The molecule has 0 atom stereocenters.